The highest BCUT2D eigenvalue weighted by molar-refractivity contribution is 6.18. The molecule has 0 aliphatic carbocycles. The fraction of sp³-hybridized carbons (Fsp3) is 1.00. The standard InChI is InChI=1S/C15H34N2.C3H5ClO/c1-3-5-7-9-13-17-15-11-8-10-14-16-12-6-4-2;4-1-3-2-5-3/h16-17H,3-15H2,1-2H3;3H,1-2H2. The second-order valence-electron chi connectivity index (χ2n) is 6.08. The Morgan fingerprint density at radius 1 is 0.773 bits per heavy atom. The summed E-state index contributed by atoms with van der Waals surface area (Å²) in [5, 5.41) is 7.03. The van der Waals surface area contributed by atoms with E-state index in [-0.39, 0.29) is 0 Å². The van der Waals surface area contributed by atoms with Crippen molar-refractivity contribution in [1.29, 1.82) is 0 Å². The number of halogens is 1. The lowest BCUT2D eigenvalue weighted by Crippen LogP contribution is -2.18. The quantitative estimate of drug-likeness (QED) is 0.266. The molecule has 0 saturated carbocycles. The minimum atomic E-state index is 0.400. The van der Waals surface area contributed by atoms with Gasteiger partial charge in [-0.1, -0.05) is 46.0 Å². The maximum atomic E-state index is 5.27. The van der Waals surface area contributed by atoms with Gasteiger partial charge in [0.2, 0.25) is 0 Å². The molecule has 3 nitrogen and oxygen atoms in total. The number of alkyl halides is 1. The van der Waals surface area contributed by atoms with Gasteiger partial charge in [0.15, 0.2) is 0 Å². The summed E-state index contributed by atoms with van der Waals surface area (Å²) in [6.07, 6.45) is 12.5. The van der Waals surface area contributed by atoms with Crippen molar-refractivity contribution in [3.05, 3.63) is 0 Å². The van der Waals surface area contributed by atoms with Crippen molar-refractivity contribution in [2.45, 2.75) is 77.7 Å². The topological polar surface area (TPSA) is 36.6 Å². The Labute approximate surface area is 143 Å². The molecule has 1 aliphatic rings. The van der Waals surface area contributed by atoms with Gasteiger partial charge in [-0.15, -0.1) is 11.6 Å². The van der Waals surface area contributed by atoms with Crippen molar-refractivity contribution in [3.8, 4) is 0 Å². The average molecular weight is 335 g/mol. The minimum absolute atomic E-state index is 0.400. The van der Waals surface area contributed by atoms with Crippen LogP contribution in [0.4, 0.5) is 0 Å². The Kier molecular flexibility index (Phi) is 19.4. The molecule has 0 aromatic carbocycles. The van der Waals surface area contributed by atoms with Gasteiger partial charge >= 0.3 is 0 Å². The zero-order valence-electron chi connectivity index (χ0n) is 15.0. The Morgan fingerprint density at radius 3 is 1.59 bits per heavy atom. The second kappa shape index (κ2) is 19.2. The molecule has 22 heavy (non-hydrogen) atoms. The van der Waals surface area contributed by atoms with E-state index in [9.17, 15) is 0 Å². The van der Waals surface area contributed by atoms with E-state index in [2.05, 4.69) is 24.5 Å². The van der Waals surface area contributed by atoms with Crippen LogP contribution in [0.2, 0.25) is 0 Å². The van der Waals surface area contributed by atoms with Gasteiger partial charge in [-0.2, -0.15) is 0 Å². The van der Waals surface area contributed by atoms with E-state index < -0.39 is 0 Å². The van der Waals surface area contributed by atoms with Crippen molar-refractivity contribution >= 4 is 11.6 Å². The number of hydrogen-bond donors (Lipinski definition) is 2. The summed E-state index contributed by atoms with van der Waals surface area (Å²) in [5.41, 5.74) is 0. The summed E-state index contributed by atoms with van der Waals surface area (Å²) in [7, 11) is 0. The summed E-state index contributed by atoms with van der Waals surface area (Å²) in [6.45, 7) is 10.2. The van der Waals surface area contributed by atoms with Crippen molar-refractivity contribution in [3.63, 3.8) is 0 Å². The number of hydrogen-bond acceptors (Lipinski definition) is 3. The van der Waals surface area contributed by atoms with Gasteiger partial charge in [-0.05, 0) is 51.9 Å². The molecule has 2 N–H and O–H groups in total. The van der Waals surface area contributed by atoms with Crippen molar-refractivity contribution < 1.29 is 4.74 Å². The number of nitrogens with one attached hydrogen (secondary N) is 2. The molecule has 1 unspecified atom stereocenters. The van der Waals surface area contributed by atoms with Crippen LogP contribution in [-0.4, -0.2) is 44.8 Å². The SMILES string of the molecule is CCCCCCNCCCCCNCCCC.ClCC1CO1. The molecule has 134 valence electrons. The number of rotatable bonds is 15. The van der Waals surface area contributed by atoms with E-state index in [1.54, 1.807) is 0 Å². The molecule has 1 saturated heterocycles. The zero-order valence-corrected chi connectivity index (χ0v) is 15.7. The third-order valence-electron chi connectivity index (χ3n) is 3.70. The molecule has 1 aliphatic heterocycles. The van der Waals surface area contributed by atoms with Crippen LogP contribution in [0.1, 0.15) is 71.6 Å². The fourth-order valence-corrected chi connectivity index (χ4v) is 2.24. The van der Waals surface area contributed by atoms with E-state index in [1.807, 2.05) is 0 Å². The van der Waals surface area contributed by atoms with Gasteiger partial charge in [0.25, 0.3) is 0 Å². The summed E-state index contributed by atoms with van der Waals surface area (Å²) in [6, 6.07) is 0. The lowest BCUT2D eigenvalue weighted by molar-refractivity contribution is 0.425. The molecular formula is C18H39ClN2O. The summed E-state index contributed by atoms with van der Waals surface area (Å²) >= 11 is 5.27. The van der Waals surface area contributed by atoms with Crippen molar-refractivity contribution in [1.82, 2.24) is 10.6 Å². The van der Waals surface area contributed by atoms with Gasteiger partial charge in [0.05, 0.1) is 18.6 Å². The first-order valence-corrected chi connectivity index (χ1v) is 9.97. The molecule has 1 rings (SSSR count). The fourth-order valence-electron chi connectivity index (χ4n) is 2.06. The third-order valence-corrected chi connectivity index (χ3v) is 4.04. The van der Waals surface area contributed by atoms with Gasteiger partial charge < -0.3 is 15.4 Å². The molecule has 0 radical (unpaired) electrons. The van der Waals surface area contributed by atoms with Crippen LogP contribution in [0, 0.1) is 0 Å². The average Bonchev–Trinajstić information content (AvgIpc) is 3.37. The summed E-state index contributed by atoms with van der Waals surface area (Å²) in [5.74, 6) is 0.667. The predicted octanol–water partition coefficient (Wildman–Crippen LogP) is 4.34. The van der Waals surface area contributed by atoms with Gasteiger partial charge in [-0.25, -0.2) is 0 Å². The highest BCUT2D eigenvalue weighted by atomic mass is 35.5. The first-order chi connectivity index (χ1) is 10.8. The largest absolute Gasteiger partial charge is 0.372 e. The highest BCUT2D eigenvalue weighted by Crippen LogP contribution is 2.08. The maximum Gasteiger partial charge on any atom is 0.0944 e. The maximum absolute atomic E-state index is 5.27. The summed E-state index contributed by atoms with van der Waals surface area (Å²) < 4.78 is 4.73. The van der Waals surface area contributed by atoms with E-state index in [0.717, 1.165) is 6.61 Å². The van der Waals surface area contributed by atoms with E-state index in [0.29, 0.717) is 12.0 Å². The van der Waals surface area contributed by atoms with E-state index in [4.69, 9.17) is 16.3 Å². The molecule has 1 heterocycles. The Hall–Kier alpha value is 0.170. The van der Waals surface area contributed by atoms with E-state index in [1.165, 1.54) is 84.0 Å². The van der Waals surface area contributed by atoms with Crippen LogP contribution < -0.4 is 10.6 Å². The molecule has 0 aromatic heterocycles. The normalized spacial score (nSPS) is 16.2. The molecule has 0 aromatic rings. The Balaban J connectivity index is 0.000000734. The van der Waals surface area contributed by atoms with Crippen LogP contribution in [0.25, 0.3) is 0 Å². The third kappa shape index (κ3) is 20.2. The van der Waals surface area contributed by atoms with Crippen LogP contribution in [0.5, 0.6) is 0 Å². The Morgan fingerprint density at radius 2 is 1.23 bits per heavy atom. The molecule has 1 fully saturated rings. The Bertz CT molecular complexity index is 188. The van der Waals surface area contributed by atoms with Crippen molar-refractivity contribution in [2.75, 3.05) is 38.7 Å². The lowest BCUT2D eigenvalue weighted by Gasteiger charge is -2.05. The highest BCUT2D eigenvalue weighted by Gasteiger charge is 2.19. The van der Waals surface area contributed by atoms with Crippen LogP contribution >= 0.6 is 11.6 Å². The first kappa shape index (κ1) is 22.2. The predicted molar refractivity (Wildman–Crippen MR) is 99.1 cm³/mol. The zero-order chi connectivity index (χ0) is 16.3. The van der Waals surface area contributed by atoms with Gasteiger partial charge in [0.1, 0.15) is 0 Å². The van der Waals surface area contributed by atoms with Crippen LogP contribution in [-0.2, 0) is 4.74 Å². The number of ether oxygens (including phenoxy) is 1. The van der Waals surface area contributed by atoms with Crippen LogP contribution in [0.15, 0.2) is 0 Å². The number of epoxide rings is 1. The van der Waals surface area contributed by atoms with Crippen LogP contribution in [0.3, 0.4) is 0 Å². The van der Waals surface area contributed by atoms with Crippen molar-refractivity contribution in [2.24, 2.45) is 0 Å². The second-order valence-corrected chi connectivity index (χ2v) is 6.39. The first-order valence-electron chi connectivity index (χ1n) is 9.44. The molecule has 0 spiro atoms. The lowest BCUT2D eigenvalue weighted by atomic mass is 10.2. The van der Waals surface area contributed by atoms with Gasteiger partial charge in [-0.3, -0.25) is 0 Å². The minimum Gasteiger partial charge on any atom is -0.372 e. The molecular weight excluding hydrogens is 296 g/mol. The smallest absolute Gasteiger partial charge is 0.0944 e. The molecule has 4 heteroatoms. The monoisotopic (exact) mass is 334 g/mol. The van der Waals surface area contributed by atoms with Gasteiger partial charge in [0, 0.05) is 0 Å². The number of unbranched alkanes of at least 4 members (excludes halogenated alkanes) is 6. The van der Waals surface area contributed by atoms with E-state index >= 15 is 0 Å². The molecule has 0 amide bonds. The summed E-state index contributed by atoms with van der Waals surface area (Å²) in [4.78, 5) is 0. The molecule has 0 bridgehead atoms. The molecule has 1 atom stereocenters.